The lowest BCUT2D eigenvalue weighted by molar-refractivity contribution is -0.131. The smallest absolute Gasteiger partial charge is 0.308 e. The molecule has 1 aliphatic rings. The van der Waals surface area contributed by atoms with Crippen LogP contribution in [0.4, 0.5) is 0 Å². The third-order valence-corrected chi connectivity index (χ3v) is 5.15. The van der Waals surface area contributed by atoms with Crippen LogP contribution < -0.4 is 4.74 Å². The predicted molar refractivity (Wildman–Crippen MR) is 96.7 cm³/mol. The maximum Gasteiger partial charge on any atom is 0.308 e. The Morgan fingerprint density at radius 2 is 1.87 bits per heavy atom. The predicted octanol–water partition coefficient (Wildman–Crippen LogP) is 4.93. The highest BCUT2D eigenvalue weighted by Gasteiger charge is 2.28. The molecule has 0 spiro atoms. The molecule has 6 heteroatoms. The average Bonchev–Trinajstić information content (AvgIpc) is 2.51. The summed E-state index contributed by atoms with van der Waals surface area (Å²) in [4.78, 5) is 26.4. The van der Waals surface area contributed by atoms with Crippen LogP contribution in [-0.2, 0) is 4.79 Å². The Morgan fingerprint density at radius 1 is 1.22 bits per heavy atom. The highest BCUT2D eigenvalue weighted by atomic mass is 79.9. The van der Waals surface area contributed by atoms with Crippen LogP contribution in [0.25, 0.3) is 0 Å². The molecule has 4 nitrogen and oxygen atoms in total. The third-order valence-electron chi connectivity index (χ3n) is 4.10. The standard InChI is InChI=1S/C17H21Br2NO3/c1-3-20(13-7-5-4-6-8-13)17(22)14-9-12(18)10-15(19)16(14)23-11(2)21/h9-10,13H,3-8H2,1-2H3. The van der Waals surface area contributed by atoms with Crippen molar-refractivity contribution in [3.8, 4) is 5.75 Å². The molecular formula is C17H21Br2NO3. The maximum atomic E-state index is 13.1. The second kappa shape index (κ2) is 8.29. The monoisotopic (exact) mass is 445 g/mol. The summed E-state index contributed by atoms with van der Waals surface area (Å²) in [6.45, 7) is 3.97. The van der Waals surface area contributed by atoms with Crippen molar-refractivity contribution in [1.29, 1.82) is 0 Å². The van der Waals surface area contributed by atoms with Gasteiger partial charge in [-0.25, -0.2) is 0 Å². The Labute approximate surface area is 153 Å². The van der Waals surface area contributed by atoms with Crippen molar-refractivity contribution in [3.05, 3.63) is 26.6 Å². The first-order valence-corrected chi connectivity index (χ1v) is 9.51. The van der Waals surface area contributed by atoms with Crippen molar-refractivity contribution >= 4 is 43.7 Å². The minimum Gasteiger partial charge on any atom is -0.425 e. The molecule has 0 heterocycles. The van der Waals surface area contributed by atoms with Gasteiger partial charge in [0.15, 0.2) is 5.75 Å². The molecule has 23 heavy (non-hydrogen) atoms. The van der Waals surface area contributed by atoms with Gasteiger partial charge in [-0.2, -0.15) is 0 Å². The van der Waals surface area contributed by atoms with Crippen LogP contribution in [-0.4, -0.2) is 29.4 Å². The summed E-state index contributed by atoms with van der Waals surface area (Å²) >= 11 is 6.79. The fourth-order valence-electron chi connectivity index (χ4n) is 3.08. The molecule has 0 unspecified atom stereocenters. The summed E-state index contributed by atoms with van der Waals surface area (Å²) in [6, 6.07) is 3.76. The zero-order valence-corrected chi connectivity index (χ0v) is 16.6. The topological polar surface area (TPSA) is 46.6 Å². The van der Waals surface area contributed by atoms with Crippen LogP contribution >= 0.6 is 31.9 Å². The Bertz CT molecular complexity index is 598. The molecule has 0 bridgehead atoms. The first-order valence-electron chi connectivity index (χ1n) is 7.92. The van der Waals surface area contributed by atoms with Crippen molar-refractivity contribution in [3.63, 3.8) is 0 Å². The molecular weight excluding hydrogens is 426 g/mol. The summed E-state index contributed by atoms with van der Waals surface area (Å²) in [5.41, 5.74) is 0.411. The number of esters is 1. The number of hydrogen-bond acceptors (Lipinski definition) is 3. The van der Waals surface area contributed by atoms with Crippen LogP contribution in [0.15, 0.2) is 21.1 Å². The van der Waals surface area contributed by atoms with Gasteiger partial charge >= 0.3 is 5.97 Å². The molecule has 1 aromatic rings. The molecule has 0 atom stereocenters. The van der Waals surface area contributed by atoms with E-state index in [0.29, 0.717) is 22.3 Å². The van der Waals surface area contributed by atoms with Crippen LogP contribution in [0.1, 0.15) is 56.3 Å². The van der Waals surface area contributed by atoms with E-state index in [-0.39, 0.29) is 11.9 Å². The molecule has 1 fully saturated rings. The molecule has 0 aromatic heterocycles. The van der Waals surface area contributed by atoms with Gasteiger partial charge in [-0.1, -0.05) is 35.2 Å². The Hall–Kier alpha value is -0.880. The van der Waals surface area contributed by atoms with E-state index in [1.165, 1.54) is 13.3 Å². The zero-order chi connectivity index (χ0) is 17.0. The lowest BCUT2D eigenvalue weighted by atomic mass is 9.93. The minimum absolute atomic E-state index is 0.0855. The van der Waals surface area contributed by atoms with Gasteiger partial charge in [-0.15, -0.1) is 0 Å². The number of carbonyl (C=O) groups excluding carboxylic acids is 2. The number of halogens is 2. The number of nitrogens with zero attached hydrogens (tertiary/aromatic N) is 1. The average molecular weight is 447 g/mol. The molecule has 0 saturated heterocycles. The molecule has 0 N–H and O–H groups in total. The third kappa shape index (κ3) is 4.57. The van der Waals surface area contributed by atoms with Gasteiger partial charge in [0.1, 0.15) is 0 Å². The van der Waals surface area contributed by atoms with E-state index in [1.807, 2.05) is 11.8 Å². The molecule has 126 valence electrons. The largest absolute Gasteiger partial charge is 0.425 e. The van der Waals surface area contributed by atoms with E-state index in [0.717, 1.165) is 30.2 Å². The molecule has 1 aliphatic carbocycles. The van der Waals surface area contributed by atoms with E-state index in [9.17, 15) is 9.59 Å². The van der Waals surface area contributed by atoms with Crippen molar-refractivity contribution in [2.45, 2.75) is 52.0 Å². The first kappa shape index (κ1) is 18.5. The van der Waals surface area contributed by atoms with Crippen LogP contribution in [0.2, 0.25) is 0 Å². The van der Waals surface area contributed by atoms with E-state index in [2.05, 4.69) is 31.9 Å². The lowest BCUT2D eigenvalue weighted by Crippen LogP contribution is -2.41. The van der Waals surface area contributed by atoms with Gasteiger partial charge in [0.2, 0.25) is 0 Å². The summed E-state index contributed by atoms with van der Waals surface area (Å²) < 4.78 is 6.64. The Balaban J connectivity index is 2.37. The van der Waals surface area contributed by atoms with Gasteiger partial charge in [0.05, 0.1) is 10.0 Å². The normalized spacial score (nSPS) is 15.3. The van der Waals surface area contributed by atoms with Crippen molar-refractivity contribution in [2.24, 2.45) is 0 Å². The molecule has 2 rings (SSSR count). The SMILES string of the molecule is CCN(C(=O)c1cc(Br)cc(Br)c1OC(C)=O)C1CCCCC1. The molecule has 1 aromatic carbocycles. The van der Waals surface area contributed by atoms with Crippen molar-refractivity contribution in [2.75, 3.05) is 6.54 Å². The van der Waals surface area contributed by atoms with Gasteiger partial charge in [0, 0.05) is 24.0 Å². The van der Waals surface area contributed by atoms with Gasteiger partial charge in [0.25, 0.3) is 5.91 Å². The second-order valence-electron chi connectivity index (χ2n) is 5.74. The molecule has 0 radical (unpaired) electrons. The van der Waals surface area contributed by atoms with Crippen LogP contribution in [0.5, 0.6) is 5.75 Å². The van der Waals surface area contributed by atoms with Crippen LogP contribution in [0, 0.1) is 0 Å². The molecule has 0 aliphatic heterocycles. The number of hydrogen-bond donors (Lipinski definition) is 0. The number of carbonyl (C=O) groups is 2. The lowest BCUT2D eigenvalue weighted by Gasteiger charge is -2.34. The fraction of sp³-hybridized carbons (Fsp3) is 0.529. The highest BCUT2D eigenvalue weighted by Crippen LogP contribution is 2.35. The number of amides is 1. The van der Waals surface area contributed by atoms with Crippen molar-refractivity contribution < 1.29 is 14.3 Å². The Kier molecular flexibility index (Phi) is 6.65. The number of benzene rings is 1. The number of ether oxygens (including phenoxy) is 1. The van der Waals surface area contributed by atoms with Gasteiger partial charge in [-0.3, -0.25) is 9.59 Å². The molecule has 1 amide bonds. The van der Waals surface area contributed by atoms with E-state index in [4.69, 9.17) is 4.74 Å². The first-order chi connectivity index (χ1) is 10.9. The second-order valence-corrected chi connectivity index (χ2v) is 7.51. The van der Waals surface area contributed by atoms with Gasteiger partial charge < -0.3 is 9.64 Å². The maximum absolute atomic E-state index is 13.1. The summed E-state index contributed by atoms with van der Waals surface area (Å²) in [6.07, 6.45) is 5.64. The quantitative estimate of drug-likeness (QED) is 0.486. The number of rotatable bonds is 4. The Morgan fingerprint density at radius 3 is 2.43 bits per heavy atom. The summed E-state index contributed by atoms with van der Waals surface area (Å²) in [5.74, 6) is -0.236. The van der Waals surface area contributed by atoms with E-state index < -0.39 is 5.97 Å². The zero-order valence-electron chi connectivity index (χ0n) is 13.4. The fourth-order valence-corrected chi connectivity index (χ4v) is 4.39. The van der Waals surface area contributed by atoms with Gasteiger partial charge in [-0.05, 0) is 47.8 Å². The van der Waals surface area contributed by atoms with Crippen LogP contribution in [0.3, 0.4) is 0 Å². The summed E-state index contributed by atoms with van der Waals surface area (Å²) in [5, 5.41) is 0. The highest BCUT2D eigenvalue weighted by molar-refractivity contribution is 9.11. The van der Waals surface area contributed by atoms with Crippen molar-refractivity contribution in [1.82, 2.24) is 4.90 Å². The summed E-state index contributed by atoms with van der Waals surface area (Å²) in [7, 11) is 0. The van der Waals surface area contributed by atoms with E-state index in [1.54, 1.807) is 12.1 Å². The minimum atomic E-state index is -0.442. The molecule has 1 saturated carbocycles. The van der Waals surface area contributed by atoms with E-state index >= 15 is 0 Å².